The molecule has 0 saturated carbocycles. The number of carbonyl (C=O) groups excluding carboxylic acids is 1. The summed E-state index contributed by atoms with van der Waals surface area (Å²) in [5.74, 6) is -1.96. The molecule has 1 saturated heterocycles. The monoisotopic (exact) mass is 518 g/mol. The molecule has 14 heteroatoms. The van der Waals surface area contributed by atoms with E-state index in [1.807, 2.05) is 29.2 Å². The van der Waals surface area contributed by atoms with Gasteiger partial charge in [0.15, 0.2) is 0 Å². The van der Waals surface area contributed by atoms with Gasteiger partial charge < -0.3 is 10.0 Å². The average molecular weight is 519 g/mol. The van der Waals surface area contributed by atoms with Crippen molar-refractivity contribution in [1.82, 2.24) is 4.90 Å². The van der Waals surface area contributed by atoms with Gasteiger partial charge in [0.05, 0.1) is 21.4 Å². The molecule has 2 aliphatic heterocycles. The Morgan fingerprint density at radius 1 is 1.13 bits per heavy atom. The molecule has 2 N–H and O–H groups in total. The fourth-order valence-corrected chi connectivity index (χ4v) is 5.53. The number of amides is 1. The third-order valence-electron chi connectivity index (χ3n) is 3.96. The number of para-hydroxylation sites is 1. The van der Waals surface area contributed by atoms with E-state index in [4.69, 9.17) is 21.9 Å². The first-order valence-electron chi connectivity index (χ1n) is 8.33. The van der Waals surface area contributed by atoms with Crippen molar-refractivity contribution in [2.45, 2.75) is 11.3 Å². The second kappa shape index (κ2) is 12.6. The fraction of sp³-hybridized carbons (Fsp3) is 0.235. The minimum Gasteiger partial charge on any atom is -0.480 e. The third kappa shape index (κ3) is 7.85. The van der Waals surface area contributed by atoms with Crippen molar-refractivity contribution in [2.24, 2.45) is 0 Å². The molecule has 2 radical (unpaired) electrons. The van der Waals surface area contributed by atoms with E-state index in [0.29, 0.717) is 11.4 Å². The minimum atomic E-state index is -4.05. The van der Waals surface area contributed by atoms with Crippen molar-refractivity contribution in [2.75, 3.05) is 23.7 Å². The van der Waals surface area contributed by atoms with Gasteiger partial charge in [-0.25, -0.2) is 0 Å². The Hall–Kier alpha value is 0.140. The van der Waals surface area contributed by atoms with E-state index in [2.05, 4.69) is 0 Å². The second-order valence-corrected chi connectivity index (χ2v) is 10.4. The molecule has 1 aromatic rings. The maximum atomic E-state index is 12.4. The number of thioether (sulfide) groups is 2. The van der Waals surface area contributed by atoms with Crippen LogP contribution < -0.4 is 4.90 Å². The Balaban J connectivity index is 0.00000240. The molecule has 1 amide bonds. The molecule has 3 rings (SSSR count). The van der Waals surface area contributed by atoms with E-state index >= 15 is 0 Å². The van der Waals surface area contributed by atoms with Crippen LogP contribution in [0.5, 0.6) is 0 Å². The Labute approximate surface area is 238 Å². The normalized spacial score (nSPS) is 18.2. The zero-order chi connectivity index (χ0) is 21.2. The number of thiocarbonyl (C=S) groups is 1. The number of hydrogen-bond donors (Lipinski definition) is 2. The van der Waals surface area contributed by atoms with E-state index in [-0.39, 0.29) is 75.6 Å². The van der Waals surface area contributed by atoms with Gasteiger partial charge in [0.25, 0.3) is 16.0 Å². The van der Waals surface area contributed by atoms with Crippen LogP contribution in [0.4, 0.5) is 5.69 Å². The molecular weight excluding hydrogens is 502 g/mol. The van der Waals surface area contributed by atoms with E-state index in [9.17, 15) is 18.0 Å². The number of fused-ring (bicyclic) bond motifs is 1. The summed E-state index contributed by atoms with van der Waals surface area (Å²) in [6.45, 7) is -0.121. The van der Waals surface area contributed by atoms with Crippen molar-refractivity contribution in [3.05, 3.63) is 46.4 Å². The molecule has 31 heavy (non-hydrogen) atoms. The predicted octanol–water partition coefficient (Wildman–Crippen LogP) is 1.79. The summed E-state index contributed by atoms with van der Waals surface area (Å²) in [5.41, 5.74) is 0.908. The van der Waals surface area contributed by atoms with Crippen molar-refractivity contribution < 1.29 is 27.7 Å². The molecular formula is C17H16N2Na2O6S4. The van der Waals surface area contributed by atoms with Gasteiger partial charge in [-0.15, -0.1) is 0 Å². The maximum Gasteiger partial charge on any atom is 0.323 e. The Morgan fingerprint density at radius 3 is 2.45 bits per heavy atom. The zero-order valence-electron chi connectivity index (χ0n) is 16.8. The van der Waals surface area contributed by atoms with Crippen LogP contribution in [0.1, 0.15) is 6.42 Å². The van der Waals surface area contributed by atoms with Crippen LogP contribution in [0.2, 0.25) is 0 Å². The van der Waals surface area contributed by atoms with Crippen molar-refractivity contribution in [1.29, 1.82) is 0 Å². The second-order valence-electron chi connectivity index (χ2n) is 6.05. The number of benzene rings is 1. The largest absolute Gasteiger partial charge is 0.480 e. The van der Waals surface area contributed by atoms with Crippen LogP contribution in [0.25, 0.3) is 0 Å². The molecule has 0 aliphatic carbocycles. The first-order valence-corrected chi connectivity index (χ1v) is 12.0. The molecule has 0 unspecified atom stereocenters. The summed E-state index contributed by atoms with van der Waals surface area (Å²) in [6.07, 6.45) is 3.54. The predicted molar refractivity (Wildman–Crippen MR) is 128 cm³/mol. The van der Waals surface area contributed by atoms with Crippen LogP contribution in [0.3, 0.4) is 0 Å². The third-order valence-corrected chi connectivity index (χ3v) is 7.30. The van der Waals surface area contributed by atoms with Gasteiger partial charge in [0, 0.05) is 70.6 Å². The Morgan fingerprint density at radius 2 is 1.81 bits per heavy atom. The average Bonchev–Trinajstić information content (AvgIpc) is 3.11. The van der Waals surface area contributed by atoms with Crippen LogP contribution in [-0.2, 0) is 19.7 Å². The van der Waals surface area contributed by atoms with Crippen LogP contribution in [-0.4, -0.2) is 117 Å². The number of carbonyl (C=O) groups is 2. The molecule has 1 aromatic carbocycles. The van der Waals surface area contributed by atoms with Gasteiger partial charge in [-0.3, -0.25) is 19.0 Å². The fourth-order valence-electron chi connectivity index (χ4n) is 2.75. The van der Waals surface area contributed by atoms with E-state index in [0.717, 1.165) is 32.3 Å². The summed E-state index contributed by atoms with van der Waals surface area (Å²) in [7, 11) is -4.05. The van der Waals surface area contributed by atoms with E-state index in [1.165, 1.54) is 11.8 Å². The van der Waals surface area contributed by atoms with Gasteiger partial charge in [-0.2, -0.15) is 8.42 Å². The summed E-state index contributed by atoms with van der Waals surface area (Å²) < 4.78 is 31.2. The first kappa shape index (κ1) is 29.2. The summed E-state index contributed by atoms with van der Waals surface area (Å²) in [6, 6.07) is 7.60. The summed E-state index contributed by atoms with van der Waals surface area (Å²) >= 11 is 7.58. The molecule has 1 fully saturated rings. The SMILES string of the molecule is O=C(O)CN1C(=O)/C(=C\C=C2\Sc3ccccc3N2CCCS(=O)(=O)O)SC1=S.[Na].[Na]. The van der Waals surface area contributed by atoms with Gasteiger partial charge >= 0.3 is 5.97 Å². The molecule has 0 aromatic heterocycles. The summed E-state index contributed by atoms with van der Waals surface area (Å²) in [5, 5.41) is 9.69. The number of aliphatic carboxylic acids is 1. The topological polar surface area (TPSA) is 115 Å². The van der Waals surface area contributed by atoms with Crippen molar-refractivity contribution in [3.8, 4) is 0 Å². The number of rotatable bonds is 7. The van der Waals surface area contributed by atoms with E-state index < -0.39 is 28.5 Å². The zero-order valence-corrected chi connectivity index (χ0v) is 24.1. The molecule has 8 nitrogen and oxygen atoms in total. The molecule has 0 spiro atoms. The van der Waals surface area contributed by atoms with Crippen LogP contribution >= 0.6 is 35.7 Å². The van der Waals surface area contributed by atoms with Gasteiger partial charge in [0.1, 0.15) is 10.9 Å². The van der Waals surface area contributed by atoms with Gasteiger partial charge in [0.2, 0.25) is 0 Å². The quantitative estimate of drug-likeness (QED) is 0.240. The minimum absolute atomic E-state index is 0. The smallest absolute Gasteiger partial charge is 0.323 e. The van der Waals surface area contributed by atoms with Gasteiger partial charge in [-0.1, -0.05) is 47.9 Å². The Bertz CT molecular complexity index is 1040. The number of allylic oxidation sites excluding steroid dienone is 2. The Kier molecular flexibility index (Phi) is 11.8. The van der Waals surface area contributed by atoms with Crippen LogP contribution in [0, 0.1) is 0 Å². The summed E-state index contributed by atoms with van der Waals surface area (Å²) in [4.78, 5) is 27.5. The number of carboxylic acids is 1. The number of hydrogen-bond acceptors (Lipinski definition) is 8. The number of anilines is 1. The standard InChI is InChI=1S/C17H16N2O6S4.2Na/c20-15(21)10-19-16(22)13(28-17(19)26)6-7-14-18(8-3-9-29(23,24)25)11-4-1-2-5-12(11)27-14;;/h1-2,4-7H,3,8-10H2,(H,20,21)(H,23,24,25);;/b13-6+,14-7+;;. The van der Waals surface area contributed by atoms with Gasteiger partial charge in [-0.05, 0) is 30.7 Å². The number of carboxylic acid groups (broad SMARTS) is 1. The van der Waals surface area contributed by atoms with E-state index in [1.54, 1.807) is 12.2 Å². The van der Waals surface area contributed by atoms with Crippen molar-refractivity contribution >= 4 is 127 Å². The van der Waals surface area contributed by atoms with Crippen LogP contribution in [0.15, 0.2) is 51.2 Å². The molecule has 2 aliphatic rings. The molecule has 156 valence electrons. The van der Waals surface area contributed by atoms with Crippen molar-refractivity contribution in [3.63, 3.8) is 0 Å². The first-order chi connectivity index (χ1) is 13.7. The maximum absolute atomic E-state index is 12.4. The molecule has 0 bridgehead atoms. The molecule has 0 atom stereocenters. The number of nitrogens with zero attached hydrogens (tertiary/aromatic N) is 2. The molecule has 2 heterocycles.